The number of halogens is 1. The van der Waals surface area contributed by atoms with Gasteiger partial charge < -0.3 is 5.73 Å². The van der Waals surface area contributed by atoms with Crippen LogP contribution in [0.2, 0.25) is 0 Å². The van der Waals surface area contributed by atoms with Gasteiger partial charge in [-0.15, -0.1) is 11.3 Å². The van der Waals surface area contributed by atoms with Gasteiger partial charge in [0, 0.05) is 18.0 Å². The number of unbranched alkanes of at least 4 members (excludes halogenated alkanes) is 2. The Morgan fingerprint density at radius 1 is 1.09 bits per heavy atom. The number of benzene rings is 1. The number of nitrogens with zero attached hydrogens (tertiary/aromatic N) is 2. The van der Waals surface area contributed by atoms with Crippen molar-refractivity contribution in [2.75, 3.05) is 17.2 Å². The first kappa shape index (κ1) is 23.5. The molecule has 1 amide bonds. The predicted molar refractivity (Wildman–Crippen MR) is 127 cm³/mol. The second kappa shape index (κ2) is 10.4. The van der Waals surface area contributed by atoms with E-state index in [0.29, 0.717) is 30.8 Å². The lowest BCUT2D eigenvalue weighted by Gasteiger charge is -2.24. The minimum absolute atomic E-state index is 0.00381. The minimum Gasteiger partial charge on any atom is -0.383 e. The summed E-state index contributed by atoms with van der Waals surface area (Å²) in [6.07, 6.45) is 3.03. The van der Waals surface area contributed by atoms with Gasteiger partial charge in [-0.05, 0) is 42.7 Å². The number of nitrogens with one attached hydrogen (secondary N) is 1. The van der Waals surface area contributed by atoms with E-state index in [1.165, 1.54) is 32.9 Å². The summed E-state index contributed by atoms with van der Waals surface area (Å²) in [6.45, 7) is 4.61. The van der Waals surface area contributed by atoms with Crippen LogP contribution in [0.4, 0.5) is 15.9 Å². The molecule has 0 fully saturated rings. The van der Waals surface area contributed by atoms with Crippen LogP contribution in [0.1, 0.15) is 49.2 Å². The van der Waals surface area contributed by atoms with Crippen molar-refractivity contribution in [1.82, 2.24) is 9.55 Å². The van der Waals surface area contributed by atoms with E-state index in [4.69, 9.17) is 5.73 Å². The van der Waals surface area contributed by atoms with Gasteiger partial charge in [-0.3, -0.25) is 24.0 Å². The van der Waals surface area contributed by atoms with Crippen LogP contribution >= 0.6 is 11.3 Å². The molecule has 0 unspecified atom stereocenters. The number of hydrogen-bond donors (Lipinski definition) is 2. The number of rotatable bonds is 9. The molecule has 0 spiro atoms. The van der Waals surface area contributed by atoms with Crippen molar-refractivity contribution >= 4 is 28.7 Å². The summed E-state index contributed by atoms with van der Waals surface area (Å²) in [7, 11) is 0. The topological polar surface area (TPSA) is 101 Å². The maximum absolute atomic E-state index is 13.4. The van der Waals surface area contributed by atoms with Crippen molar-refractivity contribution in [3.05, 3.63) is 67.9 Å². The summed E-state index contributed by atoms with van der Waals surface area (Å²) in [6, 6.07) is 9.50. The Labute approximate surface area is 189 Å². The molecule has 2 heterocycles. The van der Waals surface area contributed by atoms with Crippen LogP contribution in [0.3, 0.4) is 0 Å². The largest absolute Gasteiger partial charge is 0.383 e. The smallest absolute Gasteiger partial charge is 0.330 e. The molecule has 9 heteroatoms. The molecule has 3 aromatic rings. The molecular weight excluding hydrogens is 431 g/mol. The molecule has 0 saturated carbocycles. The van der Waals surface area contributed by atoms with E-state index in [1.807, 2.05) is 13.8 Å². The molecule has 3 rings (SSSR count). The fourth-order valence-electron chi connectivity index (χ4n) is 3.36. The number of H-pyrrole nitrogens is 1. The number of aromatic amines is 1. The van der Waals surface area contributed by atoms with Gasteiger partial charge in [0.2, 0.25) is 0 Å². The molecule has 0 bridgehead atoms. The highest BCUT2D eigenvalue weighted by Crippen LogP contribution is 2.30. The van der Waals surface area contributed by atoms with Crippen molar-refractivity contribution in [3.63, 3.8) is 0 Å². The number of nitrogen functional groups attached to an aromatic ring is 1. The van der Waals surface area contributed by atoms with E-state index in [2.05, 4.69) is 4.98 Å². The van der Waals surface area contributed by atoms with Crippen LogP contribution in [-0.2, 0) is 6.54 Å². The summed E-state index contributed by atoms with van der Waals surface area (Å²) < 4.78 is 14.5. The highest BCUT2D eigenvalue weighted by Gasteiger charge is 2.26. The first-order valence-electron chi connectivity index (χ1n) is 10.7. The van der Waals surface area contributed by atoms with Gasteiger partial charge in [0.1, 0.15) is 11.6 Å². The highest BCUT2D eigenvalue weighted by molar-refractivity contribution is 7.17. The molecule has 3 N–H and O–H groups in total. The van der Waals surface area contributed by atoms with Crippen molar-refractivity contribution in [1.29, 1.82) is 0 Å². The summed E-state index contributed by atoms with van der Waals surface area (Å²) in [5.74, 6) is -0.707. The van der Waals surface area contributed by atoms with Crippen LogP contribution in [0.5, 0.6) is 0 Å². The second-order valence-corrected chi connectivity index (χ2v) is 8.56. The molecule has 2 aromatic heterocycles. The van der Waals surface area contributed by atoms with Crippen LogP contribution in [0.25, 0.3) is 10.4 Å². The van der Waals surface area contributed by atoms with Gasteiger partial charge >= 0.3 is 5.69 Å². The van der Waals surface area contributed by atoms with Gasteiger partial charge in [0.25, 0.3) is 11.5 Å². The van der Waals surface area contributed by atoms with Gasteiger partial charge in [0.05, 0.1) is 4.88 Å². The zero-order chi connectivity index (χ0) is 23.3. The molecule has 7 nitrogen and oxygen atoms in total. The van der Waals surface area contributed by atoms with Crippen LogP contribution in [-0.4, -0.2) is 22.0 Å². The van der Waals surface area contributed by atoms with E-state index in [9.17, 15) is 18.8 Å². The maximum atomic E-state index is 13.4. The van der Waals surface area contributed by atoms with E-state index in [-0.39, 0.29) is 23.2 Å². The molecule has 0 radical (unpaired) electrons. The lowest BCUT2D eigenvalue weighted by molar-refractivity contribution is 0.0990. The predicted octanol–water partition coefficient (Wildman–Crippen LogP) is 4.23. The highest BCUT2D eigenvalue weighted by atomic mass is 32.1. The summed E-state index contributed by atoms with van der Waals surface area (Å²) >= 11 is 1.25. The monoisotopic (exact) mass is 458 g/mol. The molecule has 0 aliphatic heterocycles. The zero-order valence-electron chi connectivity index (χ0n) is 18.2. The Morgan fingerprint density at radius 2 is 1.78 bits per heavy atom. The van der Waals surface area contributed by atoms with Crippen LogP contribution in [0, 0.1) is 5.82 Å². The Morgan fingerprint density at radius 3 is 2.44 bits per heavy atom. The first-order valence-corrected chi connectivity index (χ1v) is 11.5. The quantitative estimate of drug-likeness (QED) is 0.501. The standard InChI is InChI=1S/C23H27FN4O3S/c1-3-5-13-27(19-20(25)28(14-6-4-2)23(31)26-21(19)29)22(30)18-12-11-17(32-18)15-7-9-16(24)10-8-15/h7-12H,3-6,13-14,25H2,1-2H3,(H,26,29,31). The van der Waals surface area contributed by atoms with Crippen molar-refractivity contribution < 1.29 is 9.18 Å². The molecule has 0 aliphatic carbocycles. The normalized spacial score (nSPS) is 11.0. The van der Waals surface area contributed by atoms with Crippen molar-refractivity contribution in [3.8, 4) is 10.4 Å². The molecule has 0 atom stereocenters. The van der Waals surface area contributed by atoms with E-state index >= 15 is 0 Å². The van der Waals surface area contributed by atoms with Gasteiger partial charge in [0.15, 0.2) is 5.69 Å². The fraction of sp³-hybridized carbons (Fsp3) is 0.348. The first-order chi connectivity index (χ1) is 15.4. The summed E-state index contributed by atoms with van der Waals surface area (Å²) in [5, 5.41) is 0. The van der Waals surface area contributed by atoms with Gasteiger partial charge in [-0.2, -0.15) is 0 Å². The fourth-order valence-corrected chi connectivity index (χ4v) is 4.32. The summed E-state index contributed by atoms with van der Waals surface area (Å²) in [4.78, 5) is 43.3. The molecule has 170 valence electrons. The lowest BCUT2D eigenvalue weighted by Crippen LogP contribution is -2.41. The summed E-state index contributed by atoms with van der Waals surface area (Å²) in [5.41, 5.74) is 5.77. The van der Waals surface area contributed by atoms with Gasteiger partial charge in [-0.1, -0.05) is 38.8 Å². The number of aromatic nitrogens is 2. The number of anilines is 2. The number of carbonyl (C=O) groups is 1. The third-order valence-corrected chi connectivity index (χ3v) is 6.27. The zero-order valence-corrected chi connectivity index (χ0v) is 19.0. The number of amides is 1. The molecule has 1 aromatic carbocycles. The third kappa shape index (κ3) is 4.99. The molecule has 0 saturated heterocycles. The van der Waals surface area contributed by atoms with E-state index < -0.39 is 11.2 Å². The SMILES string of the molecule is CCCCN(C(=O)c1ccc(-c2ccc(F)cc2)s1)c1c(N)n(CCCC)c(=O)[nH]c1=O. The van der Waals surface area contributed by atoms with Crippen molar-refractivity contribution in [2.45, 2.75) is 46.1 Å². The van der Waals surface area contributed by atoms with E-state index in [0.717, 1.165) is 23.3 Å². The van der Waals surface area contributed by atoms with Crippen LogP contribution < -0.4 is 21.9 Å². The van der Waals surface area contributed by atoms with E-state index in [1.54, 1.807) is 24.3 Å². The Balaban J connectivity index is 2.02. The molecule has 0 aliphatic rings. The molecular formula is C23H27FN4O3S. The minimum atomic E-state index is -0.681. The number of hydrogen-bond acceptors (Lipinski definition) is 5. The van der Waals surface area contributed by atoms with Crippen molar-refractivity contribution in [2.24, 2.45) is 0 Å². The number of nitrogens with two attached hydrogens (primary N) is 1. The number of thiophene rings is 1. The maximum Gasteiger partial charge on any atom is 0.330 e. The average Bonchev–Trinajstić information content (AvgIpc) is 3.26. The van der Waals surface area contributed by atoms with Crippen LogP contribution in [0.15, 0.2) is 46.0 Å². The Bertz CT molecular complexity index is 1200. The third-order valence-electron chi connectivity index (χ3n) is 5.15. The Kier molecular flexibility index (Phi) is 7.63. The Hall–Kier alpha value is -3.20. The average molecular weight is 459 g/mol. The lowest BCUT2D eigenvalue weighted by atomic mass is 10.2. The second-order valence-electron chi connectivity index (χ2n) is 7.48. The molecule has 32 heavy (non-hydrogen) atoms. The van der Waals surface area contributed by atoms with Gasteiger partial charge in [-0.25, -0.2) is 9.18 Å². The number of carbonyl (C=O) groups excluding carboxylic acids is 1.